The highest BCUT2D eigenvalue weighted by atomic mass is 32.2. The average molecular weight is 463 g/mol. The molecule has 2 aromatic rings. The van der Waals surface area contributed by atoms with E-state index < -0.39 is 0 Å². The second-order valence-corrected chi connectivity index (χ2v) is 11.4. The maximum atomic E-state index is 10.6. The number of phenolic OH excluding ortho intramolecular Hbond substituents is 2. The van der Waals surface area contributed by atoms with Crippen molar-refractivity contribution in [3.8, 4) is 11.5 Å². The largest absolute Gasteiger partial charge is 0.508 e. The van der Waals surface area contributed by atoms with Crippen LogP contribution in [0.15, 0.2) is 24.3 Å². The Bertz CT molecular complexity index is 856. The van der Waals surface area contributed by atoms with E-state index in [0.29, 0.717) is 17.3 Å². The van der Waals surface area contributed by atoms with Gasteiger partial charge in [-0.1, -0.05) is 58.7 Å². The van der Waals surface area contributed by atoms with Crippen LogP contribution in [0.5, 0.6) is 11.5 Å². The number of aromatic hydroxyl groups is 2. The lowest BCUT2D eigenvalue weighted by Gasteiger charge is -2.29. The molecule has 0 radical (unpaired) electrons. The van der Waals surface area contributed by atoms with Gasteiger partial charge in [0.25, 0.3) is 0 Å². The molecule has 0 amide bonds. The molecule has 2 rings (SSSR count). The predicted octanol–water partition coefficient (Wildman–Crippen LogP) is 7.29. The molecule has 0 heterocycles. The Balaban J connectivity index is 2.63. The summed E-state index contributed by atoms with van der Waals surface area (Å²) in [7, 11) is 0. The Morgan fingerprint density at radius 2 is 1.25 bits per heavy atom. The van der Waals surface area contributed by atoms with Crippen molar-refractivity contribution in [3.63, 3.8) is 0 Å². The molecule has 0 aliphatic heterocycles. The molecule has 5 nitrogen and oxygen atoms in total. The minimum absolute atomic E-state index is 0.0778. The lowest BCUT2D eigenvalue weighted by molar-refractivity contribution is -0.432. The van der Waals surface area contributed by atoms with Crippen molar-refractivity contribution >= 4 is 12.0 Å². The summed E-state index contributed by atoms with van der Waals surface area (Å²) in [6, 6.07) is 8.00. The quantitative estimate of drug-likeness (QED) is 0.165. The molecule has 0 unspecified atom stereocenters. The van der Waals surface area contributed by atoms with Crippen LogP contribution in [0.2, 0.25) is 0 Å². The zero-order valence-electron chi connectivity index (χ0n) is 20.6. The molecule has 0 fully saturated rings. The first-order valence-corrected chi connectivity index (χ1v) is 12.0. The highest BCUT2D eigenvalue weighted by Gasteiger charge is 2.27. The predicted molar refractivity (Wildman–Crippen MR) is 131 cm³/mol. The molecule has 6 heteroatoms. The van der Waals surface area contributed by atoms with Gasteiger partial charge in [-0.15, -0.1) is 4.33 Å². The van der Waals surface area contributed by atoms with Crippen LogP contribution in [0.4, 0.5) is 0 Å². The van der Waals surface area contributed by atoms with E-state index in [9.17, 15) is 10.2 Å². The molecule has 0 aliphatic rings. The van der Waals surface area contributed by atoms with E-state index in [-0.39, 0.29) is 16.7 Å². The standard InChI is InChI=1S/C26H38O5S/c1-16-12-23(27)21(25(3,4)5)14-19(16)18(10-9-11-32-31-30-29)20-15-22(26(6,7)8)24(28)13-17(20)2/h12-15,18,27-29H,9-11H2,1-8H3. The van der Waals surface area contributed by atoms with Crippen molar-refractivity contribution in [2.75, 3.05) is 5.75 Å². The van der Waals surface area contributed by atoms with E-state index >= 15 is 0 Å². The molecule has 0 bridgehead atoms. The van der Waals surface area contributed by atoms with Gasteiger partial charge in [-0.2, -0.15) is 0 Å². The molecule has 3 N–H and O–H groups in total. The Labute approximate surface area is 196 Å². The fraction of sp³-hybridized carbons (Fsp3) is 0.538. The first-order valence-electron chi connectivity index (χ1n) is 11.0. The van der Waals surface area contributed by atoms with Crippen LogP contribution in [0.1, 0.15) is 93.7 Å². The molecule has 32 heavy (non-hydrogen) atoms. The van der Waals surface area contributed by atoms with E-state index in [2.05, 4.69) is 63.0 Å². The third-order valence-corrected chi connectivity index (χ3v) is 6.55. The molecule has 0 aromatic heterocycles. The number of hydrogen-bond acceptors (Lipinski definition) is 6. The number of hydrogen-bond donors (Lipinski definition) is 3. The van der Waals surface area contributed by atoms with Gasteiger partial charge in [-0.05, 0) is 83.0 Å². The van der Waals surface area contributed by atoms with Crippen LogP contribution in [0.25, 0.3) is 0 Å². The summed E-state index contributed by atoms with van der Waals surface area (Å²) in [5.41, 5.74) is 5.86. The smallest absolute Gasteiger partial charge is 0.119 e. The number of rotatable bonds is 8. The summed E-state index contributed by atoms with van der Waals surface area (Å²) < 4.78 is 4.54. The van der Waals surface area contributed by atoms with Crippen molar-refractivity contribution in [1.29, 1.82) is 0 Å². The second kappa shape index (κ2) is 10.5. The summed E-state index contributed by atoms with van der Waals surface area (Å²) in [6.07, 6.45) is 1.67. The van der Waals surface area contributed by atoms with Crippen LogP contribution in [0, 0.1) is 13.8 Å². The maximum absolute atomic E-state index is 10.6. The van der Waals surface area contributed by atoms with Gasteiger partial charge < -0.3 is 10.2 Å². The Morgan fingerprint density at radius 3 is 1.62 bits per heavy atom. The average Bonchev–Trinajstić information content (AvgIpc) is 2.64. The van der Waals surface area contributed by atoms with Crippen molar-refractivity contribution in [1.82, 2.24) is 0 Å². The van der Waals surface area contributed by atoms with Gasteiger partial charge in [0.2, 0.25) is 0 Å². The third kappa shape index (κ3) is 6.41. The van der Waals surface area contributed by atoms with E-state index in [1.54, 1.807) is 0 Å². The number of benzene rings is 2. The maximum Gasteiger partial charge on any atom is 0.119 e. The van der Waals surface area contributed by atoms with E-state index in [1.165, 1.54) is 11.1 Å². The zero-order valence-corrected chi connectivity index (χ0v) is 21.4. The molecule has 0 saturated carbocycles. The third-order valence-electron chi connectivity index (χ3n) is 5.93. The van der Waals surface area contributed by atoms with Gasteiger partial charge in [0, 0.05) is 23.7 Å². The first-order chi connectivity index (χ1) is 14.8. The van der Waals surface area contributed by atoms with Crippen LogP contribution in [-0.4, -0.2) is 21.2 Å². The lowest BCUT2D eigenvalue weighted by Crippen LogP contribution is -2.16. The van der Waals surface area contributed by atoms with E-state index in [1.807, 2.05) is 26.0 Å². The zero-order chi connectivity index (χ0) is 24.3. The molecule has 0 saturated heterocycles. The highest BCUT2D eigenvalue weighted by molar-refractivity contribution is 7.94. The summed E-state index contributed by atoms with van der Waals surface area (Å²) in [5, 5.41) is 33.3. The van der Waals surface area contributed by atoms with Crippen molar-refractivity contribution in [2.45, 2.75) is 85.0 Å². The Morgan fingerprint density at radius 1 is 0.812 bits per heavy atom. The summed E-state index contributed by atoms with van der Waals surface area (Å²) in [5.74, 6) is 1.37. The van der Waals surface area contributed by atoms with Gasteiger partial charge >= 0.3 is 0 Å². The minimum Gasteiger partial charge on any atom is -0.508 e. The van der Waals surface area contributed by atoms with Crippen molar-refractivity contribution < 1.29 is 24.8 Å². The molecular formula is C26H38O5S. The summed E-state index contributed by atoms with van der Waals surface area (Å²) in [4.78, 5) is 0. The van der Waals surface area contributed by atoms with Gasteiger partial charge in [0.05, 0.1) is 0 Å². The molecule has 2 aromatic carbocycles. The van der Waals surface area contributed by atoms with Gasteiger partial charge in [0.1, 0.15) is 11.5 Å². The lowest BCUT2D eigenvalue weighted by atomic mass is 9.76. The molecule has 178 valence electrons. The van der Waals surface area contributed by atoms with E-state index in [4.69, 9.17) is 5.26 Å². The van der Waals surface area contributed by atoms with Crippen molar-refractivity contribution in [2.24, 2.45) is 0 Å². The van der Waals surface area contributed by atoms with E-state index in [0.717, 1.165) is 47.1 Å². The van der Waals surface area contributed by atoms with Crippen LogP contribution in [0.3, 0.4) is 0 Å². The fourth-order valence-electron chi connectivity index (χ4n) is 4.25. The molecule has 0 spiro atoms. The van der Waals surface area contributed by atoms with Crippen LogP contribution < -0.4 is 0 Å². The second-order valence-electron chi connectivity index (χ2n) is 10.6. The van der Waals surface area contributed by atoms with Crippen molar-refractivity contribution in [3.05, 3.63) is 57.6 Å². The van der Waals surface area contributed by atoms with Crippen LogP contribution >= 0.6 is 12.0 Å². The molecule has 0 aliphatic carbocycles. The highest BCUT2D eigenvalue weighted by Crippen LogP contribution is 2.42. The van der Waals surface area contributed by atoms with Gasteiger partial charge in [-0.25, -0.2) is 5.26 Å². The fourth-order valence-corrected chi connectivity index (χ4v) is 4.65. The Kier molecular flexibility index (Phi) is 8.68. The van der Waals surface area contributed by atoms with Crippen LogP contribution in [-0.2, 0) is 20.2 Å². The Hall–Kier alpha value is -1.73. The first kappa shape index (κ1) is 26.5. The SMILES string of the molecule is Cc1cc(O)c(C(C)(C)C)cc1C(CCCSOOO)c1cc(C(C)(C)C)c(O)cc1C. The topological polar surface area (TPSA) is 79.2 Å². The minimum atomic E-state index is -0.195. The molecular weight excluding hydrogens is 424 g/mol. The molecule has 0 atom stereocenters. The van der Waals surface area contributed by atoms with Gasteiger partial charge in [-0.3, -0.25) is 0 Å². The number of phenols is 2. The summed E-state index contributed by atoms with van der Waals surface area (Å²) >= 11 is 1.06. The van der Waals surface area contributed by atoms with Gasteiger partial charge in [0.15, 0.2) is 0 Å². The monoisotopic (exact) mass is 462 g/mol. The normalized spacial score (nSPS) is 12.6. The number of aryl methyl sites for hydroxylation is 2. The summed E-state index contributed by atoms with van der Waals surface area (Å²) in [6.45, 7) is 16.7.